The standard InChI is InChI=1S/C64H121N2O6P/c1-6-8-10-12-14-16-18-20-22-24-26-28-30-31-32-33-34-36-37-39-41-43-45-47-49-51-53-55-57-63(67)62(61-72-73(69,70)71-60-59-66(3,4)5)65-64(68)58-56-54-52-50-48-46-44-42-40-38-35-29-27-25-23-21-19-17-15-13-11-9-7-2/h9,11,15,17,21,23,27,29,38,40,62-63,67H,6-8,10,12-14,16,18-20,22,24-26,28,30-37,39,41-61H2,1-5H3,(H-,65,68,69,70)/b11-9-,17-15-,23-21-,29-27-,40-38-. The summed E-state index contributed by atoms with van der Waals surface area (Å²) in [5.41, 5.74) is 0. The Morgan fingerprint density at radius 2 is 0.836 bits per heavy atom. The summed E-state index contributed by atoms with van der Waals surface area (Å²) in [6.07, 6.45) is 74.1. The summed E-state index contributed by atoms with van der Waals surface area (Å²) in [4.78, 5) is 25.6. The zero-order valence-corrected chi connectivity index (χ0v) is 49.7. The van der Waals surface area contributed by atoms with Crippen LogP contribution in [0.5, 0.6) is 0 Å². The highest BCUT2D eigenvalue weighted by Gasteiger charge is 2.24. The number of phosphoric acid groups is 1. The zero-order valence-electron chi connectivity index (χ0n) is 48.8. The van der Waals surface area contributed by atoms with Crippen molar-refractivity contribution in [1.82, 2.24) is 5.32 Å². The van der Waals surface area contributed by atoms with Crippen LogP contribution < -0.4 is 10.2 Å². The molecule has 0 aliphatic heterocycles. The van der Waals surface area contributed by atoms with Gasteiger partial charge in [0.2, 0.25) is 5.91 Å². The molecular weight excluding hydrogens is 924 g/mol. The topological polar surface area (TPSA) is 108 Å². The van der Waals surface area contributed by atoms with Gasteiger partial charge < -0.3 is 28.8 Å². The summed E-state index contributed by atoms with van der Waals surface area (Å²) in [6, 6.07) is -0.811. The summed E-state index contributed by atoms with van der Waals surface area (Å²) < 4.78 is 23.5. The SMILES string of the molecule is CC/C=C\C/C=C\C/C=C\C/C=C\C/C=C\CCCCCCCCCC(=O)NC(COP(=O)([O-])OCC[N+](C)(C)C)C(O)CCCCCCCCCCCCCCCCCCCCCCCCCCCCCC. The number of allylic oxidation sites excluding steroid dienone is 10. The number of hydrogen-bond donors (Lipinski definition) is 2. The van der Waals surface area contributed by atoms with E-state index in [1.54, 1.807) is 0 Å². The molecule has 1 amide bonds. The van der Waals surface area contributed by atoms with E-state index in [9.17, 15) is 19.4 Å². The molecule has 0 bridgehead atoms. The van der Waals surface area contributed by atoms with Crippen molar-refractivity contribution in [2.24, 2.45) is 0 Å². The van der Waals surface area contributed by atoms with E-state index in [2.05, 4.69) is 79.9 Å². The summed E-state index contributed by atoms with van der Waals surface area (Å²) >= 11 is 0. The molecule has 0 fully saturated rings. The Bertz CT molecular complexity index is 1370. The van der Waals surface area contributed by atoms with E-state index in [-0.39, 0.29) is 19.1 Å². The third kappa shape index (κ3) is 57.7. The van der Waals surface area contributed by atoms with E-state index in [4.69, 9.17) is 9.05 Å². The number of quaternary nitrogens is 1. The van der Waals surface area contributed by atoms with Crippen LogP contribution in [0, 0.1) is 0 Å². The van der Waals surface area contributed by atoms with Crippen molar-refractivity contribution in [2.45, 2.75) is 302 Å². The summed E-state index contributed by atoms with van der Waals surface area (Å²) in [5.74, 6) is -0.174. The molecule has 0 spiro atoms. The van der Waals surface area contributed by atoms with Gasteiger partial charge in [-0.15, -0.1) is 0 Å². The van der Waals surface area contributed by atoms with Gasteiger partial charge in [-0.1, -0.05) is 286 Å². The number of nitrogens with one attached hydrogen (secondary N) is 1. The Hall–Kier alpha value is -1.80. The molecule has 0 aromatic rings. The average molecular weight is 1050 g/mol. The van der Waals surface area contributed by atoms with Crippen molar-refractivity contribution < 1.29 is 32.9 Å². The first-order valence-corrected chi connectivity index (χ1v) is 32.6. The molecule has 428 valence electrons. The second-order valence-electron chi connectivity index (χ2n) is 22.4. The van der Waals surface area contributed by atoms with Gasteiger partial charge in [0.25, 0.3) is 7.82 Å². The predicted molar refractivity (Wildman–Crippen MR) is 316 cm³/mol. The summed E-state index contributed by atoms with van der Waals surface area (Å²) in [6.45, 7) is 4.63. The number of carbonyl (C=O) groups is 1. The van der Waals surface area contributed by atoms with Crippen molar-refractivity contribution in [3.05, 3.63) is 60.8 Å². The molecule has 0 heterocycles. The van der Waals surface area contributed by atoms with Crippen molar-refractivity contribution in [3.63, 3.8) is 0 Å². The molecule has 2 N–H and O–H groups in total. The van der Waals surface area contributed by atoms with Crippen molar-refractivity contribution in [3.8, 4) is 0 Å². The number of rotatable bonds is 57. The second-order valence-corrected chi connectivity index (χ2v) is 23.8. The van der Waals surface area contributed by atoms with Crippen LogP contribution in [0.1, 0.15) is 290 Å². The number of phosphoric ester groups is 1. The Morgan fingerprint density at radius 1 is 0.493 bits per heavy atom. The lowest BCUT2D eigenvalue weighted by Gasteiger charge is -2.30. The number of unbranched alkanes of at least 4 members (excludes halogenated alkanes) is 34. The second kappa shape index (κ2) is 55.0. The number of hydrogen-bond acceptors (Lipinski definition) is 6. The normalized spacial score (nSPS) is 14.2. The molecule has 8 nitrogen and oxygen atoms in total. The highest BCUT2D eigenvalue weighted by molar-refractivity contribution is 7.45. The quantitative estimate of drug-likeness (QED) is 0.0272. The number of carbonyl (C=O) groups excluding carboxylic acids is 1. The van der Waals surface area contributed by atoms with Crippen LogP contribution in [-0.4, -0.2) is 68.5 Å². The van der Waals surface area contributed by atoms with Gasteiger partial charge in [0.1, 0.15) is 13.2 Å². The lowest BCUT2D eigenvalue weighted by molar-refractivity contribution is -0.870. The molecule has 9 heteroatoms. The van der Waals surface area contributed by atoms with Gasteiger partial charge >= 0.3 is 0 Å². The highest BCUT2D eigenvalue weighted by Crippen LogP contribution is 2.38. The maximum Gasteiger partial charge on any atom is 0.268 e. The highest BCUT2D eigenvalue weighted by atomic mass is 31.2. The molecule has 0 rings (SSSR count). The lowest BCUT2D eigenvalue weighted by Crippen LogP contribution is -2.46. The Kier molecular flexibility index (Phi) is 53.6. The Balaban J connectivity index is 4.13. The van der Waals surface area contributed by atoms with Crippen LogP contribution in [0.2, 0.25) is 0 Å². The van der Waals surface area contributed by atoms with Crippen molar-refractivity contribution >= 4 is 13.7 Å². The molecule has 0 saturated heterocycles. The molecule has 0 aliphatic rings. The average Bonchev–Trinajstić information content (AvgIpc) is 3.35. The minimum absolute atomic E-state index is 0.00773. The number of amides is 1. The molecular formula is C64H121N2O6P. The van der Waals surface area contributed by atoms with Crippen LogP contribution in [0.25, 0.3) is 0 Å². The summed E-state index contributed by atoms with van der Waals surface area (Å²) in [5, 5.41) is 14.1. The van der Waals surface area contributed by atoms with Crippen LogP contribution in [0.15, 0.2) is 60.8 Å². The maximum atomic E-state index is 13.0. The molecule has 0 aliphatic carbocycles. The first kappa shape index (κ1) is 71.2. The summed E-state index contributed by atoms with van der Waals surface area (Å²) in [7, 11) is 1.30. The van der Waals surface area contributed by atoms with Gasteiger partial charge in [-0.25, -0.2) is 0 Å². The Morgan fingerprint density at radius 3 is 1.22 bits per heavy atom. The molecule has 3 atom stereocenters. The van der Waals surface area contributed by atoms with E-state index in [1.807, 2.05) is 21.1 Å². The first-order valence-electron chi connectivity index (χ1n) is 31.1. The molecule has 0 aromatic heterocycles. The van der Waals surface area contributed by atoms with Gasteiger partial charge in [0, 0.05) is 6.42 Å². The minimum Gasteiger partial charge on any atom is -0.756 e. The van der Waals surface area contributed by atoms with Gasteiger partial charge in [0.05, 0.1) is 39.9 Å². The largest absolute Gasteiger partial charge is 0.756 e. The number of aliphatic hydroxyl groups excluding tert-OH is 1. The van der Waals surface area contributed by atoms with Gasteiger partial charge in [-0.2, -0.15) is 0 Å². The number of likely N-dealkylation sites (N-methyl/N-ethyl adjacent to an activating group) is 1. The molecule has 0 aromatic carbocycles. The lowest BCUT2D eigenvalue weighted by atomic mass is 10.0. The predicted octanol–water partition coefficient (Wildman–Crippen LogP) is 18.6. The monoisotopic (exact) mass is 1040 g/mol. The third-order valence-electron chi connectivity index (χ3n) is 14.0. The minimum atomic E-state index is -4.58. The first-order chi connectivity index (χ1) is 35.5. The molecule has 73 heavy (non-hydrogen) atoms. The maximum absolute atomic E-state index is 13.0. The number of aliphatic hydroxyl groups is 1. The van der Waals surface area contributed by atoms with Crippen LogP contribution >= 0.6 is 7.82 Å². The van der Waals surface area contributed by atoms with Crippen LogP contribution in [0.4, 0.5) is 0 Å². The van der Waals surface area contributed by atoms with Crippen LogP contribution in [0.3, 0.4) is 0 Å². The number of nitrogens with zero attached hydrogens (tertiary/aromatic N) is 1. The molecule has 3 unspecified atom stereocenters. The van der Waals surface area contributed by atoms with E-state index in [1.165, 1.54) is 180 Å². The van der Waals surface area contributed by atoms with Crippen molar-refractivity contribution in [2.75, 3.05) is 40.9 Å². The fraction of sp³-hybridized carbons (Fsp3) is 0.828. The molecule has 0 saturated carbocycles. The van der Waals surface area contributed by atoms with E-state index in [0.717, 1.165) is 83.5 Å². The third-order valence-corrected chi connectivity index (χ3v) is 15.0. The van der Waals surface area contributed by atoms with Gasteiger partial charge in [-0.3, -0.25) is 9.36 Å². The van der Waals surface area contributed by atoms with Crippen molar-refractivity contribution in [1.29, 1.82) is 0 Å². The van der Waals surface area contributed by atoms with Gasteiger partial charge in [0.15, 0.2) is 0 Å². The van der Waals surface area contributed by atoms with Gasteiger partial charge in [-0.05, 0) is 57.8 Å². The fourth-order valence-electron chi connectivity index (χ4n) is 9.19. The van der Waals surface area contributed by atoms with Crippen LogP contribution in [-0.2, 0) is 18.4 Å². The Labute approximate surface area is 453 Å². The fourth-order valence-corrected chi connectivity index (χ4v) is 9.91. The zero-order chi connectivity index (χ0) is 53.5. The van der Waals surface area contributed by atoms with E-state index < -0.39 is 20.0 Å². The molecule has 0 radical (unpaired) electrons. The van der Waals surface area contributed by atoms with E-state index >= 15 is 0 Å². The van der Waals surface area contributed by atoms with E-state index in [0.29, 0.717) is 23.9 Å². The smallest absolute Gasteiger partial charge is 0.268 e.